The van der Waals surface area contributed by atoms with Gasteiger partial charge < -0.3 is 4.74 Å². The van der Waals surface area contributed by atoms with E-state index >= 15 is 0 Å². The van der Waals surface area contributed by atoms with Crippen LogP contribution >= 0.6 is 0 Å². The highest BCUT2D eigenvalue weighted by Crippen LogP contribution is 2.34. The lowest BCUT2D eigenvalue weighted by Crippen LogP contribution is -2.15. The molecular formula is C26H36F2N2O. The number of hydrogen-bond donors (Lipinski definition) is 0. The fraction of sp³-hybridized carbons (Fsp3) is 0.615. The van der Waals surface area contributed by atoms with Gasteiger partial charge in [-0.3, -0.25) is 0 Å². The number of aryl methyl sites for hydroxylation is 1. The van der Waals surface area contributed by atoms with Crippen molar-refractivity contribution in [2.45, 2.75) is 84.5 Å². The lowest BCUT2D eigenvalue weighted by molar-refractivity contribution is 0.252. The quantitative estimate of drug-likeness (QED) is 0.346. The SMILES string of the molecule is CCCCCOc1ccc(-c2ccc(CCC3CCC(CCC)CC3)nn2)c(F)c1F. The molecule has 1 fully saturated rings. The monoisotopic (exact) mass is 430 g/mol. The Morgan fingerprint density at radius 1 is 0.839 bits per heavy atom. The average molecular weight is 431 g/mol. The zero-order valence-corrected chi connectivity index (χ0v) is 19.0. The summed E-state index contributed by atoms with van der Waals surface area (Å²) in [5, 5.41) is 8.45. The van der Waals surface area contributed by atoms with Crippen LogP contribution in [0.5, 0.6) is 5.75 Å². The largest absolute Gasteiger partial charge is 0.490 e. The summed E-state index contributed by atoms with van der Waals surface area (Å²) in [6, 6.07) is 6.62. The smallest absolute Gasteiger partial charge is 0.201 e. The first-order chi connectivity index (χ1) is 15.1. The van der Waals surface area contributed by atoms with Gasteiger partial charge in [0.15, 0.2) is 11.6 Å². The third-order valence-corrected chi connectivity index (χ3v) is 6.52. The third-order valence-electron chi connectivity index (χ3n) is 6.52. The molecule has 5 heteroatoms. The Morgan fingerprint density at radius 3 is 2.23 bits per heavy atom. The van der Waals surface area contributed by atoms with Crippen molar-refractivity contribution < 1.29 is 13.5 Å². The average Bonchev–Trinajstić information content (AvgIpc) is 2.80. The highest BCUT2D eigenvalue weighted by molar-refractivity contribution is 5.61. The number of hydrogen-bond acceptors (Lipinski definition) is 3. The van der Waals surface area contributed by atoms with Crippen molar-refractivity contribution >= 4 is 0 Å². The number of rotatable bonds is 11. The van der Waals surface area contributed by atoms with Crippen LogP contribution in [0.4, 0.5) is 8.78 Å². The lowest BCUT2D eigenvalue weighted by Gasteiger charge is -2.28. The molecular weight excluding hydrogens is 394 g/mol. The Labute approximate surface area is 185 Å². The highest BCUT2D eigenvalue weighted by Gasteiger charge is 2.21. The summed E-state index contributed by atoms with van der Waals surface area (Å²) in [4.78, 5) is 0. The van der Waals surface area contributed by atoms with E-state index in [0.29, 0.717) is 12.3 Å². The van der Waals surface area contributed by atoms with Gasteiger partial charge in [0.25, 0.3) is 0 Å². The summed E-state index contributed by atoms with van der Waals surface area (Å²) < 4.78 is 34.4. The Morgan fingerprint density at radius 2 is 1.58 bits per heavy atom. The van der Waals surface area contributed by atoms with Gasteiger partial charge in [-0.2, -0.15) is 14.6 Å². The van der Waals surface area contributed by atoms with Crippen LogP contribution in [0.3, 0.4) is 0 Å². The predicted molar refractivity (Wildman–Crippen MR) is 121 cm³/mol. The molecule has 0 spiro atoms. The normalized spacial score (nSPS) is 18.8. The summed E-state index contributed by atoms with van der Waals surface area (Å²) in [7, 11) is 0. The van der Waals surface area contributed by atoms with Crippen molar-refractivity contribution in [2.75, 3.05) is 6.61 Å². The first-order valence-electron chi connectivity index (χ1n) is 12.1. The molecule has 0 unspecified atom stereocenters. The van der Waals surface area contributed by atoms with Crippen LogP contribution in [0.1, 0.15) is 83.7 Å². The number of aromatic nitrogens is 2. The maximum absolute atomic E-state index is 14.6. The van der Waals surface area contributed by atoms with Crippen LogP contribution < -0.4 is 4.74 Å². The maximum Gasteiger partial charge on any atom is 0.201 e. The number of nitrogens with zero attached hydrogens (tertiary/aromatic N) is 2. The maximum atomic E-state index is 14.6. The molecule has 1 aromatic carbocycles. The van der Waals surface area contributed by atoms with E-state index in [-0.39, 0.29) is 11.3 Å². The minimum atomic E-state index is -0.960. The van der Waals surface area contributed by atoms with Crippen LogP contribution in [-0.2, 0) is 6.42 Å². The minimum absolute atomic E-state index is 0.0457. The molecule has 1 heterocycles. The highest BCUT2D eigenvalue weighted by atomic mass is 19.2. The predicted octanol–water partition coefficient (Wildman–Crippen LogP) is 7.53. The second-order valence-corrected chi connectivity index (χ2v) is 8.92. The van der Waals surface area contributed by atoms with Crippen LogP contribution in [0, 0.1) is 23.5 Å². The van der Waals surface area contributed by atoms with Crippen LogP contribution in [0.25, 0.3) is 11.3 Å². The topological polar surface area (TPSA) is 35.0 Å². The Balaban J connectivity index is 1.54. The fourth-order valence-corrected chi connectivity index (χ4v) is 4.58. The molecule has 1 saturated carbocycles. The third kappa shape index (κ3) is 6.72. The molecule has 0 N–H and O–H groups in total. The number of ether oxygens (including phenoxy) is 1. The number of unbranched alkanes of at least 4 members (excludes halogenated alkanes) is 2. The van der Waals surface area contributed by atoms with Gasteiger partial charge >= 0.3 is 0 Å². The Hall–Kier alpha value is -2.04. The lowest BCUT2D eigenvalue weighted by atomic mass is 9.78. The summed E-state index contributed by atoms with van der Waals surface area (Å²) >= 11 is 0. The van der Waals surface area contributed by atoms with Gasteiger partial charge in [-0.15, -0.1) is 0 Å². The molecule has 0 bridgehead atoms. The van der Waals surface area contributed by atoms with Crippen molar-refractivity contribution in [3.05, 3.63) is 41.6 Å². The molecule has 3 nitrogen and oxygen atoms in total. The van der Waals surface area contributed by atoms with Crippen molar-refractivity contribution in [2.24, 2.45) is 11.8 Å². The van der Waals surface area contributed by atoms with Crippen LogP contribution in [0.2, 0.25) is 0 Å². The molecule has 1 aliphatic carbocycles. The van der Waals surface area contributed by atoms with Crippen LogP contribution in [-0.4, -0.2) is 16.8 Å². The van der Waals surface area contributed by atoms with E-state index < -0.39 is 11.6 Å². The summed E-state index contributed by atoms with van der Waals surface area (Å²) in [5.74, 6) is -0.247. The van der Waals surface area contributed by atoms with Gasteiger partial charge in [-0.1, -0.05) is 65.2 Å². The zero-order valence-electron chi connectivity index (χ0n) is 19.0. The fourth-order valence-electron chi connectivity index (χ4n) is 4.58. The Kier molecular flexibility index (Phi) is 9.23. The van der Waals surface area contributed by atoms with Crippen molar-refractivity contribution in [3.63, 3.8) is 0 Å². The van der Waals surface area contributed by atoms with Gasteiger partial charge in [0.05, 0.1) is 18.0 Å². The van der Waals surface area contributed by atoms with Crippen molar-refractivity contribution in [3.8, 4) is 17.0 Å². The molecule has 2 aromatic rings. The molecule has 0 saturated heterocycles. The standard InChI is InChI=1S/C26H36F2N2O/c1-3-5-6-18-31-24-17-15-22(25(27)26(24)28)23-16-14-21(29-30-23)13-12-20-10-8-19(7-4-2)9-11-20/h14-17,19-20H,3-13,18H2,1-2H3. The van der Waals surface area contributed by atoms with Gasteiger partial charge in [0.1, 0.15) is 0 Å². The number of halogens is 2. The molecule has 31 heavy (non-hydrogen) atoms. The van der Waals surface area contributed by atoms with Gasteiger partial charge in [-0.25, -0.2) is 4.39 Å². The van der Waals surface area contributed by atoms with E-state index in [1.165, 1.54) is 50.7 Å². The zero-order chi connectivity index (χ0) is 22.1. The molecule has 0 amide bonds. The second kappa shape index (κ2) is 12.1. The molecule has 1 aromatic heterocycles. The summed E-state index contributed by atoms with van der Waals surface area (Å²) in [6.45, 7) is 4.74. The summed E-state index contributed by atoms with van der Waals surface area (Å²) in [6.07, 6.45) is 12.9. The van der Waals surface area contributed by atoms with E-state index in [2.05, 4.69) is 24.0 Å². The molecule has 1 aliphatic rings. The van der Waals surface area contributed by atoms with E-state index in [0.717, 1.165) is 49.6 Å². The molecule has 3 rings (SSSR count). The molecule has 0 radical (unpaired) electrons. The Bertz CT molecular complexity index is 802. The molecule has 170 valence electrons. The molecule has 0 atom stereocenters. The van der Waals surface area contributed by atoms with E-state index in [1.807, 2.05) is 6.07 Å². The van der Waals surface area contributed by atoms with Gasteiger partial charge in [0.2, 0.25) is 5.82 Å². The molecule has 0 aliphatic heterocycles. The van der Waals surface area contributed by atoms with Crippen molar-refractivity contribution in [1.82, 2.24) is 10.2 Å². The van der Waals surface area contributed by atoms with Gasteiger partial charge in [0, 0.05) is 5.56 Å². The summed E-state index contributed by atoms with van der Waals surface area (Å²) in [5.41, 5.74) is 1.38. The second-order valence-electron chi connectivity index (χ2n) is 8.92. The van der Waals surface area contributed by atoms with E-state index in [4.69, 9.17) is 4.74 Å². The minimum Gasteiger partial charge on any atom is -0.490 e. The first-order valence-corrected chi connectivity index (χ1v) is 12.1. The van der Waals surface area contributed by atoms with E-state index in [1.54, 1.807) is 6.07 Å². The van der Waals surface area contributed by atoms with Crippen molar-refractivity contribution in [1.29, 1.82) is 0 Å². The first kappa shape index (κ1) is 23.6. The van der Waals surface area contributed by atoms with Crippen LogP contribution in [0.15, 0.2) is 24.3 Å². The number of benzene rings is 1. The van der Waals surface area contributed by atoms with E-state index in [9.17, 15) is 8.78 Å². The van der Waals surface area contributed by atoms with Gasteiger partial charge in [-0.05, 0) is 55.4 Å².